The number of rotatable bonds is 8. The van der Waals surface area contributed by atoms with Crippen LogP contribution in [0.5, 0.6) is 5.75 Å². The van der Waals surface area contributed by atoms with Crippen LogP contribution in [0.25, 0.3) is 0 Å². The quantitative estimate of drug-likeness (QED) is 0.496. The van der Waals surface area contributed by atoms with Gasteiger partial charge in [0.15, 0.2) is 12.4 Å². The van der Waals surface area contributed by atoms with E-state index in [-0.39, 0.29) is 17.3 Å². The minimum Gasteiger partial charge on any atom is -0.483 e. The summed E-state index contributed by atoms with van der Waals surface area (Å²) in [5.74, 6) is -0.102. The Kier molecular flexibility index (Phi) is 6.95. The summed E-state index contributed by atoms with van der Waals surface area (Å²) in [7, 11) is -3.76. The van der Waals surface area contributed by atoms with Crippen molar-refractivity contribution in [3.05, 3.63) is 83.4 Å². The van der Waals surface area contributed by atoms with E-state index in [1.54, 1.807) is 43.3 Å². The molecule has 0 saturated carbocycles. The van der Waals surface area contributed by atoms with Crippen molar-refractivity contribution in [2.45, 2.75) is 25.7 Å². The lowest BCUT2D eigenvalue weighted by atomic mass is 10.1. The van der Waals surface area contributed by atoms with Crippen LogP contribution in [0.3, 0.4) is 0 Å². The largest absolute Gasteiger partial charge is 0.483 e. The van der Waals surface area contributed by atoms with E-state index in [0.717, 1.165) is 5.56 Å². The van der Waals surface area contributed by atoms with E-state index >= 15 is 0 Å². The first-order valence-electron chi connectivity index (χ1n) is 9.88. The van der Waals surface area contributed by atoms with E-state index in [1.807, 2.05) is 19.1 Å². The smallest absolute Gasteiger partial charge is 0.262 e. The number of ether oxygens (including phenoxy) is 1. The zero-order valence-corrected chi connectivity index (χ0v) is 18.8. The lowest BCUT2D eigenvalue weighted by Crippen LogP contribution is -2.20. The molecular formula is C24H24N2O5S. The number of ketones is 1. The summed E-state index contributed by atoms with van der Waals surface area (Å²) in [5.41, 5.74) is 3.06. The van der Waals surface area contributed by atoms with Crippen molar-refractivity contribution in [2.24, 2.45) is 0 Å². The standard InChI is InChI=1S/C24H24N2O5S/c1-16-7-9-20(10-8-16)26-32(29,30)22-11-12-23(17(2)13-22)31-15-24(28)25-21-6-4-5-19(14-21)18(3)27/h4-14,26H,15H2,1-3H3,(H,25,28). The fourth-order valence-electron chi connectivity index (χ4n) is 2.94. The molecule has 0 aliphatic rings. The zero-order valence-electron chi connectivity index (χ0n) is 18.0. The molecule has 0 aliphatic heterocycles. The number of carbonyl (C=O) groups is 2. The average molecular weight is 453 g/mol. The van der Waals surface area contributed by atoms with Gasteiger partial charge in [-0.3, -0.25) is 14.3 Å². The Morgan fingerprint density at radius 3 is 2.28 bits per heavy atom. The molecule has 166 valence electrons. The van der Waals surface area contributed by atoms with Crippen molar-refractivity contribution < 1.29 is 22.7 Å². The average Bonchev–Trinajstić information content (AvgIpc) is 2.74. The van der Waals surface area contributed by atoms with Crippen LogP contribution in [0.15, 0.2) is 71.6 Å². The predicted molar refractivity (Wildman–Crippen MR) is 124 cm³/mol. The Labute approximate surface area is 187 Å². The van der Waals surface area contributed by atoms with Crippen molar-refractivity contribution >= 4 is 33.1 Å². The van der Waals surface area contributed by atoms with E-state index in [0.29, 0.717) is 28.3 Å². The second-order valence-corrected chi connectivity index (χ2v) is 9.06. The summed E-state index contributed by atoms with van der Waals surface area (Å²) in [6, 6.07) is 18.1. The van der Waals surface area contributed by atoms with Crippen molar-refractivity contribution in [3.8, 4) is 5.75 Å². The van der Waals surface area contributed by atoms with E-state index in [4.69, 9.17) is 4.74 Å². The van der Waals surface area contributed by atoms with E-state index in [9.17, 15) is 18.0 Å². The molecule has 32 heavy (non-hydrogen) atoms. The number of sulfonamides is 1. The van der Waals surface area contributed by atoms with Gasteiger partial charge in [-0.1, -0.05) is 29.8 Å². The topological polar surface area (TPSA) is 102 Å². The second-order valence-electron chi connectivity index (χ2n) is 7.37. The van der Waals surface area contributed by atoms with Gasteiger partial charge < -0.3 is 10.1 Å². The van der Waals surface area contributed by atoms with Crippen molar-refractivity contribution in [1.82, 2.24) is 0 Å². The number of Topliss-reactive ketones (excluding diaryl/α,β-unsaturated/α-hetero) is 1. The summed E-state index contributed by atoms with van der Waals surface area (Å²) in [4.78, 5) is 23.8. The molecule has 8 heteroatoms. The van der Waals surface area contributed by atoms with Crippen LogP contribution in [-0.4, -0.2) is 26.7 Å². The first-order valence-corrected chi connectivity index (χ1v) is 11.4. The highest BCUT2D eigenvalue weighted by Gasteiger charge is 2.16. The van der Waals surface area contributed by atoms with Gasteiger partial charge in [0, 0.05) is 16.9 Å². The van der Waals surface area contributed by atoms with Gasteiger partial charge in [-0.2, -0.15) is 0 Å². The third kappa shape index (κ3) is 5.95. The van der Waals surface area contributed by atoms with Gasteiger partial charge in [-0.15, -0.1) is 0 Å². The van der Waals surface area contributed by atoms with Gasteiger partial charge in [-0.25, -0.2) is 8.42 Å². The van der Waals surface area contributed by atoms with Crippen LogP contribution in [-0.2, 0) is 14.8 Å². The van der Waals surface area contributed by atoms with Gasteiger partial charge in [0.2, 0.25) is 0 Å². The minimum atomic E-state index is -3.76. The molecule has 3 aromatic carbocycles. The van der Waals surface area contributed by atoms with Crippen LogP contribution >= 0.6 is 0 Å². The van der Waals surface area contributed by atoms with Gasteiger partial charge in [-0.05, 0) is 68.8 Å². The molecule has 2 N–H and O–H groups in total. The molecule has 0 spiro atoms. The summed E-state index contributed by atoms with van der Waals surface area (Å²) >= 11 is 0. The van der Waals surface area contributed by atoms with Crippen molar-refractivity contribution in [1.29, 1.82) is 0 Å². The Hall–Kier alpha value is -3.65. The molecule has 3 aromatic rings. The highest BCUT2D eigenvalue weighted by atomic mass is 32.2. The number of hydrogen-bond donors (Lipinski definition) is 2. The second kappa shape index (κ2) is 9.65. The van der Waals surface area contributed by atoms with E-state index < -0.39 is 15.9 Å². The maximum Gasteiger partial charge on any atom is 0.262 e. The van der Waals surface area contributed by atoms with Gasteiger partial charge in [0.05, 0.1) is 4.90 Å². The Bertz CT molecular complexity index is 1250. The minimum absolute atomic E-state index is 0.0911. The monoisotopic (exact) mass is 452 g/mol. The molecule has 0 heterocycles. The number of aryl methyl sites for hydroxylation is 2. The van der Waals surface area contributed by atoms with Gasteiger partial charge in [0.25, 0.3) is 15.9 Å². The molecule has 3 rings (SSSR count). The van der Waals surface area contributed by atoms with Crippen LogP contribution in [0.4, 0.5) is 11.4 Å². The van der Waals surface area contributed by atoms with Crippen LogP contribution in [0.2, 0.25) is 0 Å². The molecule has 0 radical (unpaired) electrons. The van der Waals surface area contributed by atoms with Crippen LogP contribution in [0.1, 0.15) is 28.4 Å². The molecule has 0 atom stereocenters. The fourth-order valence-corrected chi connectivity index (χ4v) is 4.09. The maximum atomic E-state index is 12.7. The molecule has 0 aliphatic carbocycles. The van der Waals surface area contributed by atoms with Crippen LogP contribution in [0, 0.1) is 13.8 Å². The fraction of sp³-hybridized carbons (Fsp3) is 0.167. The summed E-state index contributed by atoms with van der Waals surface area (Å²) in [6.07, 6.45) is 0. The number of carbonyl (C=O) groups excluding carboxylic acids is 2. The van der Waals surface area contributed by atoms with Crippen molar-refractivity contribution in [3.63, 3.8) is 0 Å². The van der Waals surface area contributed by atoms with Gasteiger partial charge in [0.1, 0.15) is 5.75 Å². The molecule has 0 bridgehead atoms. The van der Waals surface area contributed by atoms with Crippen LogP contribution < -0.4 is 14.8 Å². The first-order chi connectivity index (χ1) is 15.1. The Morgan fingerprint density at radius 2 is 1.62 bits per heavy atom. The molecule has 1 amide bonds. The molecule has 0 fully saturated rings. The molecule has 0 unspecified atom stereocenters. The third-order valence-corrected chi connectivity index (χ3v) is 6.05. The Morgan fingerprint density at radius 1 is 0.906 bits per heavy atom. The SMILES string of the molecule is CC(=O)c1cccc(NC(=O)COc2ccc(S(=O)(=O)Nc3ccc(C)cc3)cc2C)c1. The third-order valence-electron chi connectivity index (χ3n) is 4.67. The maximum absolute atomic E-state index is 12.7. The number of hydrogen-bond acceptors (Lipinski definition) is 5. The molecule has 7 nitrogen and oxygen atoms in total. The summed E-state index contributed by atoms with van der Waals surface area (Å²) in [5, 5.41) is 2.67. The van der Waals surface area contributed by atoms with E-state index in [1.165, 1.54) is 25.1 Å². The number of nitrogens with one attached hydrogen (secondary N) is 2. The lowest BCUT2D eigenvalue weighted by molar-refractivity contribution is -0.118. The van der Waals surface area contributed by atoms with Gasteiger partial charge >= 0.3 is 0 Å². The van der Waals surface area contributed by atoms with E-state index in [2.05, 4.69) is 10.0 Å². The normalized spacial score (nSPS) is 11.0. The number of anilines is 2. The number of amides is 1. The first kappa shape index (κ1) is 23.0. The highest BCUT2D eigenvalue weighted by Crippen LogP contribution is 2.24. The predicted octanol–water partition coefficient (Wildman–Crippen LogP) is 4.32. The highest BCUT2D eigenvalue weighted by molar-refractivity contribution is 7.92. The summed E-state index contributed by atoms with van der Waals surface area (Å²) in [6.45, 7) is 4.81. The number of benzene rings is 3. The lowest BCUT2D eigenvalue weighted by Gasteiger charge is -2.13. The zero-order chi connectivity index (χ0) is 23.3. The molecule has 0 saturated heterocycles. The molecule has 0 aromatic heterocycles. The van der Waals surface area contributed by atoms with Crippen molar-refractivity contribution in [2.75, 3.05) is 16.6 Å². The Balaban J connectivity index is 1.63. The molecular weight excluding hydrogens is 428 g/mol. The summed E-state index contributed by atoms with van der Waals surface area (Å²) < 4.78 is 33.4.